The first-order chi connectivity index (χ1) is 8.67. The Kier molecular flexibility index (Phi) is 3.77. The number of carbonyl (C=O) groups excluding carboxylic acids is 1. The minimum Gasteiger partial charge on any atom is -0.508 e. The molecule has 2 rings (SSSR count). The third-order valence-electron chi connectivity index (χ3n) is 2.78. The van der Waals surface area contributed by atoms with Gasteiger partial charge >= 0.3 is 0 Å². The van der Waals surface area contributed by atoms with Crippen molar-refractivity contribution in [2.75, 3.05) is 0 Å². The third kappa shape index (κ3) is 2.29. The van der Waals surface area contributed by atoms with Crippen LogP contribution in [0.5, 0.6) is 5.75 Å². The molecule has 18 heavy (non-hydrogen) atoms. The molecule has 0 bridgehead atoms. The van der Waals surface area contributed by atoms with Crippen molar-refractivity contribution >= 4 is 22.2 Å². The van der Waals surface area contributed by atoms with Gasteiger partial charge in [-0.25, -0.2) is 0 Å². The number of nitrogens with zero attached hydrogens (tertiary/aromatic N) is 1. The molecule has 0 aliphatic carbocycles. The first-order valence-corrected chi connectivity index (χ1v) is 6.38. The summed E-state index contributed by atoms with van der Waals surface area (Å²) < 4.78 is 0.888. The number of hydrogen-bond acceptors (Lipinski definition) is 3. The van der Waals surface area contributed by atoms with Gasteiger partial charge in [-0.1, -0.05) is 19.1 Å². The Morgan fingerprint density at radius 2 is 2.00 bits per heavy atom. The van der Waals surface area contributed by atoms with Crippen molar-refractivity contribution in [3.8, 4) is 16.9 Å². The van der Waals surface area contributed by atoms with Crippen LogP contribution in [0.2, 0.25) is 0 Å². The zero-order valence-corrected chi connectivity index (χ0v) is 11.4. The van der Waals surface area contributed by atoms with Crippen molar-refractivity contribution in [1.82, 2.24) is 4.98 Å². The zero-order valence-electron chi connectivity index (χ0n) is 9.85. The highest BCUT2D eigenvalue weighted by Gasteiger charge is 2.13. The monoisotopic (exact) mass is 305 g/mol. The summed E-state index contributed by atoms with van der Waals surface area (Å²) in [5.41, 5.74) is 3.15. The fourth-order valence-corrected chi connectivity index (χ4v) is 2.51. The van der Waals surface area contributed by atoms with Crippen molar-refractivity contribution in [1.29, 1.82) is 0 Å². The fourth-order valence-electron chi connectivity index (χ4n) is 1.93. The lowest BCUT2D eigenvalue weighted by Gasteiger charge is -2.12. The normalized spacial score (nSPS) is 10.3. The first kappa shape index (κ1) is 12.8. The lowest BCUT2D eigenvalue weighted by Crippen LogP contribution is -1.99. The van der Waals surface area contributed by atoms with Crippen LogP contribution < -0.4 is 0 Å². The van der Waals surface area contributed by atoms with Gasteiger partial charge in [0.25, 0.3) is 0 Å². The summed E-state index contributed by atoms with van der Waals surface area (Å²) >= 11 is 3.45. The maximum absolute atomic E-state index is 11.1. The standard InChI is InChI=1S/C14H12BrNO2/c1-2-11-12(15)7-16-13(8-17)14(11)9-3-5-10(18)6-4-9/h3-8,18H,2H2,1H3. The number of hydrogen-bond donors (Lipinski definition) is 1. The first-order valence-electron chi connectivity index (χ1n) is 5.59. The van der Waals surface area contributed by atoms with Gasteiger partial charge < -0.3 is 5.11 Å². The number of halogens is 1. The Balaban J connectivity index is 2.71. The van der Waals surface area contributed by atoms with Gasteiger partial charge in [-0.15, -0.1) is 0 Å². The molecule has 1 N–H and O–H groups in total. The highest BCUT2D eigenvalue weighted by molar-refractivity contribution is 9.10. The van der Waals surface area contributed by atoms with Crippen LogP contribution in [0.15, 0.2) is 34.9 Å². The van der Waals surface area contributed by atoms with Crippen LogP contribution in [0.25, 0.3) is 11.1 Å². The van der Waals surface area contributed by atoms with Crippen molar-refractivity contribution in [2.45, 2.75) is 13.3 Å². The molecule has 0 spiro atoms. The molecule has 2 aromatic rings. The second kappa shape index (κ2) is 5.31. The summed E-state index contributed by atoms with van der Waals surface area (Å²) in [6.45, 7) is 2.03. The molecule has 0 amide bonds. The number of aromatic hydroxyl groups is 1. The molecule has 3 nitrogen and oxygen atoms in total. The minimum absolute atomic E-state index is 0.201. The number of aromatic nitrogens is 1. The predicted molar refractivity (Wildman–Crippen MR) is 73.8 cm³/mol. The van der Waals surface area contributed by atoms with E-state index in [0.29, 0.717) is 5.69 Å². The van der Waals surface area contributed by atoms with E-state index in [1.807, 2.05) is 6.92 Å². The summed E-state index contributed by atoms with van der Waals surface area (Å²) in [6, 6.07) is 6.77. The number of phenolic OH excluding ortho intramolecular Hbond substituents is 1. The molecule has 0 atom stereocenters. The van der Waals surface area contributed by atoms with E-state index in [-0.39, 0.29) is 5.75 Å². The van der Waals surface area contributed by atoms with Gasteiger partial charge in [0, 0.05) is 16.2 Å². The van der Waals surface area contributed by atoms with Crippen LogP contribution in [-0.4, -0.2) is 16.4 Å². The summed E-state index contributed by atoms with van der Waals surface area (Å²) in [6.07, 6.45) is 3.19. The van der Waals surface area contributed by atoms with Crippen molar-refractivity contribution in [3.63, 3.8) is 0 Å². The quantitative estimate of drug-likeness (QED) is 0.882. The lowest BCUT2D eigenvalue weighted by molar-refractivity contribution is 0.111. The Hall–Kier alpha value is -1.68. The fraction of sp³-hybridized carbons (Fsp3) is 0.143. The van der Waals surface area contributed by atoms with Crippen molar-refractivity contribution < 1.29 is 9.90 Å². The summed E-state index contributed by atoms with van der Waals surface area (Å²) in [7, 11) is 0. The lowest BCUT2D eigenvalue weighted by atomic mass is 9.97. The molecule has 0 radical (unpaired) electrons. The topological polar surface area (TPSA) is 50.2 Å². The molecule has 0 fully saturated rings. The smallest absolute Gasteiger partial charge is 0.169 e. The second-order valence-corrected chi connectivity index (χ2v) is 4.72. The van der Waals surface area contributed by atoms with Gasteiger partial charge in [0.15, 0.2) is 6.29 Å². The largest absolute Gasteiger partial charge is 0.508 e. The third-order valence-corrected chi connectivity index (χ3v) is 3.47. The van der Waals surface area contributed by atoms with Crippen LogP contribution in [0, 0.1) is 0 Å². The number of rotatable bonds is 3. The average molecular weight is 306 g/mol. The van der Waals surface area contributed by atoms with E-state index in [1.165, 1.54) is 0 Å². The van der Waals surface area contributed by atoms with Crippen LogP contribution in [-0.2, 0) is 6.42 Å². The van der Waals surface area contributed by atoms with E-state index in [2.05, 4.69) is 20.9 Å². The molecule has 0 saturated carbocycles. The van der Waals surface area contributed by atoms with Crippen molar-refractivity contribution in [3.05, 3.63) is 46.2 Å². The van der Waals surface area contributed by atoms with Crippen molar-refractivity contribution in [2.24, 2.45) is 0 Å². The van der Waals surface area contributed by atoms with E-state index in [9.17, 15) is 9.90 Å². The zero-order chi connectivity index (χ0) is 13.1. The summed E-state index contributed by atoms with van der Waals surface area (Å²) in [5.74, 6) is 0.201. The predicted octanol–water partition coefficient (Wildman–Crippen LogP) is 3.59. The van der Waals surface area contributed by atoms with Gasteiger partial charge in [0.1, 0.15) is 11.4 Å². The van der Waals surface area contributed by atoms with Crippen LogP contribution in [0.3, 0.4) is 0 Å². The SMILES string of the molecule is CCc1c(Br)cnc(C=O)c1-c1ccc(O)cc1. The van der Waals surface area contributed by atoms with E-state index < -0.39 is 0 Å². The van der Waals surface area contributed by atoms with Gasteiger partial charge in [-0.3, -0.25) is 9.78 Å². The Labute approximate surface area is 114 Å². The van der Waals surface area contributed by atoms with Gasteiger partial charge in [0.2, 0.25) is 0 Å². The Bertz CT molecular complexity index is 579. The van der Waals surface area contributed by atoms with E-state index >= 15 is 0 Å². The molecule has 0 aliphatic rings. The van der Waals surface area contributed by atoms with E-state index in [0.717, 1.165) is 33.9 Å². The number of carbonyl (C=O) groups is 1. The molecule has 92 valence electrons. The Morgan fingerprint density at radius 1 is 1.33 bits per heavy atom. The molecule has 1 aromatic carbocycles. The molecular weight excluding hydrogens is 294 g/mol. The number of benzene rings is 1. The summed E-state index contributed by atoms with van der Waals surface area (Å²) in [4.78, 5) is 15.2. The van der Waals surface area contributed by atoms with Gasteiger partial charge in [0.05, 0.1) is 0 Å². The molecule has 0 saturated heterocycles. The molecule has 0 aliphatic heterocycles. The van der Waals surface area contributed by atoms with Crippen LogP contribution in [0.1, 0.15) is 23.0 Å². The minimum atomic E-state index is 0.201. The number of aldehydes is 1. The highest BCUT2D eigenvalue weighted by Crippen LogP contribution is 2.32. The molecule has 0 unspecified atom stereocenters. The maximum Gasteiger partial charge on any atom is 0.169 e. The molecule has 4 heteroatoms. The van der Waals surface area contributed by atoms with E-state index in [1.54, 1.807) is 30.5 Å². The maximum atomic E-state index is 11.1. The second-order valence-electron chi connectivity index (χ2n) is 3.86. The summed E-state index contributed by atoms with van der Waals surface area (Å²) in [5, 5.41) is 9.32. The van der Waals surface area contributed by atoms with Gasteiger partial charge in [-0.2, -0.15) is 0 Å². The van der Waals surface area contributed by atoms with Crippen LogP contribution in [0.4, 0.5) is 0 Å². The number of phenols is 1. The van der Waals surface area contributed by atoms with E-state index in [4.69, 9.17) is 0 Å². The van der Waals surface area contributed by atoms with Gasteiger partial charge in [-0.05, 0) is 45.6 Å². The molecule has 1 heterocycles. The molecule has 1 aromatic heterocycles. The molecular formula is C14H12BrNO2. The number of pyridine rings is 1. The van der Waals surface area contributed by atoms with Crippen LogP contribution >= 0.6 is 15.9 Å². The highest BCUT2D eigenvalue weighted by atomic mass is 79.9. The average Bonchev–Trinajstić information content (AvgIpc) is 2.39. The Morgan fingerprint density at radius 3 is 2.56 bits per heavy atom.